The van der Waals surface area contributed by atoms with Gasteiger partial charge >= 0.3 is 23.9 Å². The Kier molecular flexibility index (Phi) is 13.7. The van der Waals surface area contributed by atoms with E-state index in [9.17, 15) is 19.2 Å². The molecule has 0 atom stereocenters. The van der Waals surface area contributed by atoms with Crippen molar-refractivity contribution in [1.82, 2.24) is 0 Å². The topological polar surface area (TPSA) is 149 Å². The quantitative estimate of drug-likeness (QED) is 0.376. The molecule has 2 rings (SSSR count). The maximum absolute atomic E-state index is 10.7. The highest BCUT2D eigenvalue weighted by molar-refractivity contribution is 5.98. The third-order valence-electron chi connectivity index (χ3n) is 3.18. The van der Waals surface area contributed by atoms with Gasteiger partial charge in [-0.25, -0.2) is 19.2 Å². The van der Waals surface area contributed by atoms with E-state index in [0.717, 1.165) is 5.56 Å². The fraction of sp³-hybridized carbons (Fsp3) is 0. The molecule has 0 spiro atoms. The van der Waals surface area contributed by atoms with Crippen LogP contribution >= 0.6 is 0 Å². The minimum atomic E-state index is -1.28. The molecule has 2 aromatic rings. The second-order valence-electron chi connectivity index (χ2n) is 5.61. The minimum absolute atomic E-state index is 0.267. The Balaban J connectivity index is 0.000000504. The Morgan fingerprint density at radius 2 is 1.06 bits per heavy atom. The molecule has 8 heteroatoms. The first-order chi connectivity index (χ1) is 15.1. The maximum atomic E-state index is 10.7. The van der Waals surface area contributed by atoms with Crippen LogP contribution in [0.5, 0.6) is 0 Å². The predicted molar refractivity (Wildman–Crippen MR) is 120 cm³/mol. The Morgan fingerprint density at radius 3 is 1.38 bits per heavy atom. The third kappa shape index (κ3) is 15.2. The van der Waals surface area contributed by atoms with E-state index >= 15 is 0 Å². The van der Waals surface area contributed by atoms with Crippen LogP contribution in [0.4, 0.5) is 0 Å². The molecule has 0 fully saturated rings. The summed E-state index contributed by atoms with van der Waals surface area (Å²) in [6.45, 7) is 3.63. The summed E-state index contributed by atoms with van der Waals surface area (Å²) < 4.78 is 0. The van der Waals surface area contributed by atoms with Crippen molar-refractivity contribution in [3.05, 3.63) is 108 Å². The molecule has 2 aromatic carbocycles. The first-order valence-corrected chi connectivity index (χ1v) is 8.88. The van der Waals surface area contributed by atoms with Crippen molar-refractivity contribution in [3.63, 3.8) is 0 Å². The molecule has 0 amide bonds. The summed E-state index contributed by atoms with van der Waals surface area (Å²) in [5.74, 6) is -5.07. The van der Waals surface area contributed by atoms with Crippen LogP contribution in [-0.4, -0.2) is 44.3 Å². The fourth-order valence-electron chi connectivity index (χ4n) is 1.80. The fourth-order valence-corrected chi connectivity index (χ4v) is 1.80. The molecule has 0 aromatic heterocycles. The summed E-state index contributed by atoms with van der Waals surface area (Å²) in [5, 5.41) is 32.8. The lowest BCUT2D eigenvalue weighted by atomic mass is 10.1. The van der Waals surface area contributed by atoms with Gasteiger partial charge in [0, 0.05) is 18.2 Å². The molecule has 0 aliphatic rings. The van der Waals surface area contributed by atoms with Gasteiger partial charge in [-0.15, -0.1) is 0 Å². The molecule has 4 N–H and O–H groups in total. The standard InChI is InChI=1S/C12H10O4.C8H8.C4H4O4/c13-11(14)8-10(12(15)16)7-6-9-4-2-1-3-5-9;1-2-8-6-4-3-5-7-8;5-3(6)1-2-4(7)8/h1-8H,(H,13,14)(H,15,16);2-7H,1H2;1-2H,(H,5,6)(H,7,8)/b7-6?,10-8-;;. The number of hydrogen-bond acceptors (Lipinski definition) is 4. The third-order valence-corrected chi connectivity index (χ3v) is 3.18. The van der Waals surface area contributed by atoms with Crippen LogP contribution in [0.3, 0.4) is 0 Å². The number of rotatable bonds is 7. The molecule has 0 aliphatic heterocycles. The molecule has 166 valence electrons. The molecule has 0 unspecified atom stereocenters. The number of carboxylic acid groups (broad SMARTS) is 4. The van der Waals surface area contributed by atoms with E-state index in [2.05, 4.69) is 6.58 Å². The molecule has 8 nitrogen and oxygen atoms in total. The largest absolute Gasteiger partial charge is 0.478 e. The van der Waals surface area contributed by atoms with Crippen LogP contribution in [-0.2, 0) is 19.2 Å². The van der Waals surface area contributed by atoms with Crippen molar-refractivity contribution in [2.45, 2.75) is 0 Å². The van der Waals surface area contributed by atoms with Crippen molar-refractivity contribution >= 4 is 36.0 Å². The van der Waals surface area contributed by atoms with Crippen molar-refractivity contribution in [2.24, 2.45) is 0 Å². The summed E-state index contributed by atoms with van der Waals surface area (Å²) in [7, 11) is 0. The molecule has 0 heterocycles. The lowest BCUT2D eigenvalue weighted by Gasteiger charge is -1.94. The number of carbonyl (C=O) groups is 4. The Bertz CT molecular complexity index is 971. The van der Waals surface area contributed by atoms with Gasteiger partial charge < -0.3 is 20.4 Å². The summed E-state index contributed by atoms with van der Waals surface area (Å²) in [6, 6.07) is 19.1. The van der Waals surface area contributed by atoms with Crippen LogP contribution < -0.4 is 0 Å². The van der Waals surface area contributed by atoms with Crippen LogP contribution in [0.15, 0.2) is 97.1 Å². The first-order valence-electron chi connectivity index (χ1n) is 8.88. The second kappa shape index (κ2) is 16.1. The molecular weight excluding hydrogens is 416 g/mol. The summed E-state index contributed by atoms with van der Waals surface area (Å²) >= 11 is 0. The first kappa shape index (κ1) is 27.3. The van der Waals surface area contributed by atoms with Crippen LogP contribution in [0.1, 0.15) is 11.1 Å². The molecule has 0 bridgehead atoms. The average Bonchev–Trinajstić information content (AvgIpc) is 2.77. The van der Waals surface area contributed by atoms with Gasteiger partial charge in [-0.3, -0.25) is 0 Å². The molecule has 0 saturated heterocycles. The number of carboxylic acids is 4. The van der Waals surface area contributed by atoms with Crippen molar-refractivity contribution in [1.29, 1.82) is 0 Å². The molecule has 0 radical (unpaired) electrons. The summed E-state index contributed by atoms with van der Waals surface area (Å²) in [5.41, 5.74) is 1.71. The predicted octanol–water partition coefficient (Wildman–Crippen LogP) is 3.84. The van der Waals surface area contributed by atoms with Crippen molar-refractivity contribution in [2.75, 3.05) is 0 Å². The van der Waals surface area contributed by atoms with Gasteiger partial charge in [-0.1, -0.05) is 79.4 Å². The van der Waals surface area contributed by atoms with Crippen LogP contribution in [0.25, 0.3) is 12.2 Å². The van der Waals surface area contributed by atoms with E-state index < -0.39 is 23.9 Å². The van der Waals surface area contributed by atoms with Crippen LogP contribution in [0.2, 0.25) is 0 Å². The van der Waals surface area contributed by atoms with Gasteiger partial charge in [0.15, 0.2) is 0 Å². The molecule has 0 saturated carbocycles. The normalized spacial score (nSPS) is 10.3. The molecule has 0 aliphatic carbocycles. The smallest absolute Gasteiger partial charge is 0.335 e. The lowest BCUT2D eigenvalue weighted by Crippen LogP contribution is -2.01. The van der Waals surface area contributed by atoms with Gasteiger partial charge in [-0.05, 0) is 17.2 Å². The zero-order valence-electron chi connectivity index (χ0n) is 16.9. The van der Waals surface area contributed by atoms with Gasteiger partial charge in [0.1, 0.15) is 0 Å². The van der Waals surface area contributed by atoms with E-state index in [4.69, 9.17) is 20.4 Å². The van der Waals surface area contributed by atoms with Crippen LogP contribution in [0, 0.1) is 0 Å². The highest BCUT2D eigenvalue weighted by atomic mass is 16.4. The highest BCUT2D eigenvalue weighted by Gasteiger charge is 2.05. The maximum Gasteiger partial charge on any atom is 0.335 e. The summed E-state index contributed by atoms with van der Waals surface area (Å²) in [4.78, 5) is 40.1. The van der Waals surface area contributed by atoms with E-state index in [1.165, 1.54) is 11.6 Å². The van der Waals surface area contributed by atoms with E-state index in [0.29, 0.717) is 18.2 Å². The Labute approximate surface area is 184 Å². The van der Waals surface area contributed by atoms with Gasteiger partial charge in [0.25, 0.3) is 0 Å². The number of benzene rings is 2. The van der Waals surface area contributed by atoms with E-state index in [-0.39, 0.29) is 5.57 Å². The monoisotopic (exact) mass is 438 g/mol. The molecular formula is C24H22O8. The Hall–Kier alpha value is -4.72. The average molecular weight is 438 g/mol. The van der Waals surface area contributed by atoms with Gasteiger partial charge in [0.2, 0.25) is 0 Å². The highest BCUT2D eigenvalue weighted by Crippen LogP contribution is 2.05. The van der Waals surface area contributed by atoms with E-state index in [1.54, 1.807) is 30.3 Å². The zero-order valence-corrected chi connectivity index (χ0v) is 16.9. The second-order valence-corrected chi connectivity index (χ2v) is 5.61. The van der Waals surface area contributed by atoms with Gasteiger partial charge in [0.05, 0.1) is 5.57 Å². The lowest BCUT2D eigenvalue weighted by molar-refractivity contribution is -0.134. The number of hydrogen-bond donors (Lipinski definition) is 4. The Morgan fingerprint density at radius 1 is 0.625 bits per heavy atom. The van der Waals surface area contributed by atoms with Crippen molar-refractivity contribution < 1.29 is 39.6 Å². The number of aliphatic carboxylic acids is 4. The minimum Gasteiger partial charge on any atom is -0.478 e. The van der Waals surface area contributed by atoms with Gasteiger partial charge in [-0.2, -0.15) is 0 Å². The molecule has 32 heavy (non-hydrogen) atoms. The SMILES string of the molecule is C=Cc1ccccc1.O=C(O)/C=C(/C=Cc1ccccc1)C(=O)O.O=C(O)C=CC(=O)O. The van der Waals surface area contributed by atoms with Crippen molar-refractivity contribution in [3.8, 4) is 0 Å². The zero-order chi connectivity index (χ0) is 24.4. The summed E-state index contributed by atoms with van der Waals surface area (Å²) in [6.07, 6.45) is 6.40. The van der Waals surface area contributed by atoms with E-state index in [1.807, 2.05) is 42.5 Å².